The molecule has 0 aliphatic heterocycles. The molecule has 7 nitrogen and oxygen atoms in total. The molecule has 0 bridgehead atoms. The van der Waals surface area contributed by atoms with Crippen LogP contribution < -0.4 is 10.1 Å². The van der Waals surface area contributed by atoms with Crippen molar-refractivity contribution < 1.29 is 21.7 Å². The molecule has 0 fully saturated rings. The maximum Gasteiger partial charge on any atom is 0.345 e. The van der Waals surface area contributed by atoms with Gasteiger partial charge in [0.25, 0.3) is 5.65 Å². The Morgan fingerprint density at radius 1 is 1.32 bits per heavy atom. The molecule has 2 aromatic heterocycles. The summed E-state index contributed by atoms with van der Waals surface area (Å²) in [5.41, 5.74) is 4.40. The van der Waals surface area contributed by atoms with Gasteiger partial charge in [-0.2, -0.15) is 4.40 Å². The smallest absolute Gasteiger partial charge is 0.345 e. The maximum absolute atomic E-state index is 12.3. The van der Waals surface area contributed by atoms with Gasteiger partial charge in [0.2, 0.25) is 10.4 Å². The van der Waals surface area contributed by atoms with E-state index >= 15 is 0 Å². The highest BCUT2D eigenvalue weighted by molar-refractivity contribution is 7.80. The third kappa shape index (κ3) is 3.18. The summed E-state index contributed by atoms with van der Waals surface area (Å²) in [6.45, 7) is 1.98. The zero-order valence-electron chi connectivity index (χ0n) is 12.7. The molecule has 120 valence electrons. The van der Waals surface area contributed by atoms with E-state index in [-0.39, 0.29) is 5.56 Å². The summed E-state index contributed by atoms with van der Waals surface area (Å²) in [4.78, 5) is 12.3. The Hall–Kier alpha value is -1.77. The van der Waals surface area contributed by atoms with Crippen LogP contribution in [0.15, 0.2) is 23.0 Å². The number of pyridine rings is 1. The van der Waals surface area contributed by atoms with Gasteiger partial charge in [-0.05, 0) is 25.8 Å². The van der Waals surface area contributed by atoms with E-state index in [0.717, 1.165) is 43.3 Å². The molecule has 3 rings (SSSR count). The number of hydrogen-bond donors (Lipinski definition) is 0. The van der Waals surface area contributed by atoms with Gasteiger partial charge in [-0.3, -0.25) is 4.18 Å². The molecule has 0 radical (unpaired) electrons. The van der Waals surface area contributed by atoms with Gasteiger partial charge in [-0.25, -0.2) is 17.8 Å². The lowest BCUT2D eigenvalue weighted by molar-refractivity contribution is -0.656. The maximum atomic E-state index is 12.3. The molecule has 2 aromatic rings. The third-order valence-electron chi connectivity index (χ3n) is 3.77. The van der Waals surface area contributed by atoms with Gasteiger partial charge in [0.15, 0.2) is 0 Å². The van der Waals surface area contributed by atoms with Crippen molar-refractivity contribution in [3.63, 3.8) is 0 Å². The molecule has 0 atom stereocenters. The summed E-state index contributed by atoms with van der Waals surface area (Å²) in [7, 11) is -1.55. The molecule has 22 heavy (non-hydrogen) atoms. The van der Waals surface area contributed by atoms with Crippen LogP contribution >= 0.6 is 0 Å². The Balaban J connectivity index is 0.000000254. The highest BCUT2D eigenvalue weighted by Gasteiger charge is 2.26. The minimum Gasteiger partial charge on any atom is -0.726 e. The lowest BCUT2D eigenvalue weighted by atomic mass is 10.2. The van der Waals surface area contributed by atoms with Gasteiger partial charge in [0.1, 0.15) is 11.4 Å². The summed E-state index contributed by atoms with van der Waals surface area (Å²) < 4.78 is 35.0. The molecule has 0 spiro atoms. The van der Waals surface area contributed by atoms with E-state index in [1.807, 2.05) is 29.5 Å². The van der Waals surface area contributed by atoms with Crippen LogP contribution in [-0.4, -0.2) is 24.5 Å². The fraction of sp³-hybridized carbons (Fsp3) is 0.429. The Kier molecular flexibility index (Phi) is 4.64. The van der Waals surface area contributed by atoms with Crippen LogP contribution in [0.2, 0.25) is 0 Å². The summed E-state index contributed by atoms with van der Waals surface area (Å²) in [6, 6.07) is 5.99. The van der Waals surface area contributed by atoms with Crippen LogP contribution in [0.3, 0.4) is 0 Å². The number of rotatable bonds is 1. The number of aryl methyl sites for hydroxylation is 2. The van der Waals surface area contributed by atoms with Gasteiger partial charge < -0.3 is 4.55 Å². The van der Waals surface area contributed by atoms with Crippen LogP contribution in [-0.2, 0) is 34.5 Å². The van der Waals surface area contributed by atoms with Crippen molar-refractivity contribution in [2.45, 2.75) is 26.2 Å². The van der Waals surface area contributed by atoms with E-state index < -0.39 is 10.4 Å². The zero-order chi connectivity index (χ0) is 16.5. The molecular formula is C14H18N2O5S. The number of nitrogens with zero attached hydrogens (tertiary/aromatic N) is 2. The van der Waals surface area contributed by atoms with Crippen molar-refractivity contribution in [1.29, 1.82) is 0 Å². The average Bonchev–Trinajstić information content (AvgIpc) is 2.94. The third-order valence-corrected chi connectivity index (χ3v) is 4.18. The van der Waals surface area contributed by atoms with Crippen LogP contribution in [0.1, 0.15) is 23.4 Å². The Morgan fingerprint density at radius 2 is 1.95 bits per heavy atom. The number of aromatic nitrogens is 2. The second-order valence-corrected chi connectivity index (χ2v) is 6.23. The van der Waals surface area contributed by atoms with E-state index in [9.17, 15) is 17.8 Å². The minimum absolute atomic E-state index is 0.179. The highest BCUT2D eigenvalue weighted by atomic mass is 32.3. The minimum atomic E-state index is -4.41. The van der Waals surface area contributed by atoms with Crippen molar-refractivity contribution in [2.75, 3.05) is 7.11 Å². The van der Waals surface area contributed by atoms with E-state index in [1.165, 1.54) is 5.69 Å². The SMILES string of the molecule is COS(=O)(=O)[O-].Cc1cccc2n1c(=O)c1c([n+]2C)CCC1. The highest BCUT2D eigenvalue weighted by Crippen LogP contribution is 2.15. The van der Waals surface area contributed by atoms with E-state index in [0.29, 0.717) is 0 Å². The van der Waals surface area contributed by atoms with Gasteiger partial charge in [0, 0.05) is 12.5 Å². The molecule has 0 saturated heterocycles. The van der Waals surface area contributed by atoms with E-state index in [2.05, 4.69) is 15.8 Å². The first-order chi connectivity index (χ1) is 10.3. The molecule has 2 heterocycles. The second kappa shape index (κ2) is 6.15. The summed E-state index contributed by atoms with van der Waals surface area (Å²) in [5, 5.41) is 0. The molecule has 0 unspecified atom stereocenters. The fourth-order valence-electron chi connectivity index (χ4n) is 2.73. The average molecular weight is 326 g/mol. The molecule has 0 saturated carbocycles. The predicted molar refractivity (Wildman–Crippen MR) is 78.3 cm³/mol. The zero-order valence-corrected chi connectivity index (χ0v) is 13.5. The molecule has 8 heteroatoms. The van der Waals surface area contributed by atoms with Gasteiger partial charge in [-0.1, -0.05) is 6.07 Å². The van der Waals surface area contributed by atoms with Gasteiger partial charge in [0.05, 0.1) is 19.7 Å². The van der Waals surface area contributed by atoms with Crippen molar-refractivity contribution >= 4 is 16.0 Å². The van der Waals surface area contributed by atoms with Crippen molar-refractivity contribution in [3.8, 4) is 0 Å². The first-order valence-electron chi connectivity index (χ1n) is 6.80. The molecule has 0 N–H and O–H groups in total. The number of hydrogen-bond acceptors (Lipinski definition) is 5. The lowest BCUT2D eigenvalue weighted by Crippen LogP contribution is -2.41. The van der Waals surface area contributed by atoms with Crippen LogP contribution in [0.25, 0.3) is 5.65 Å². The monoisotopic (exact) mass is 326 g/mol. The molecular weight excluding hydrogens is 308 g/mol. The van der Waals surface area contributed by atoms with Crippen molar-refractivity contribution in [2.24, 2.45) is 7.05 Å². The Bertz CT molecular complexity index is 871. The summed E-state index contributed by atoms with van der Waals surface area (Å²) in [6.07, 6.45) is 3.07. The van der Waals surface area contributed by atoms with Crippen LogP contribution in [0.5, 0.6) is 0 Å². The summed E-state index contributed by atoms with van der Waals surface area (Å²) >= 11 is 0. The van der Waals surface area contributed by atoms with Gasteiger partial charge >= 0.3 is 5.56 Å². The topological polar surface area (TPSA) is 91.8 Å². The molecule has 0 aromatic carbocycles. The van der Waals surface area contributed by atoms with Crippen molar-refractivity contribution in [3.05, 3.63) is 45.5 Å². The molecule has 0 amide bonds. The second-order valence-electron chi connectivity index (χ2n) is 5.08. The van der Waals surface area contributed by atoms with Crippen molar-refractivity contribution in [1.82, 2.24) is 4.40 Å². The number of fused-ring (bicyclic) bond motifs is 2. The van der Waals surface area contributed by atoms with E-state index in [4.69, 9.17) is 0 Å². The Morgan fingerprint density at radius 3 is 2.55 bits per heavy atom. The first kappa shape index (κ1) is 16.6. The summed E-state index contributed by atoms with van der Waals surface area (Å²) in [5.74, 6) is 0. The fourth-order valence-corrected chi connectivity index (χ4v) is 2.73. The molecule has 1 aliphatic carbocycles. The molecule has 1 aliphatic rings. The predicted octanol–water partition coefficient (Wildman–Crippen LogP) is 0.0141. The quantitative estimate of drug-likeness (QED) is 0.418. The van der Waals surface area contributed by atoms with Crippen LogP contribution in [0, 0.1) is 6.92 Å². The van der Waals surface area contributed by atoms with Gasteiger partial charge in [-0.15, -0.1) is 0 Å². The van der Waals surface area contributed by atoms with Crippen LogP contribution in [0.4, 0.5) is 0 Å². The first-order valence-corrected chi connectivity index (χ1v) is 8.13. The Labute approximate surface area is 128 Å². The normalized spacial score (nSPS) is 13.6. The largest absolute Gasteiger partial charge is 0.726 e. The van der Waals surface area contributed by atoms with E-state index in [1.54, 1.807) is 0 Å². The standard InChI is InChI=1S/C13H15N2O.CH4O4S/c1-9-5-3-8-12-14(2)11-7-4-6-10(11)13(16)15(9)12;1-5-6(2,3)4/h3,5,8H,4,6-7H2,1-2H3;1H3,(H,2,3,4)/q+1;/p-1. The lowest BCUT2D eigenvalue weighted by Gasteiger charge is -2.05.